The van der Waals surface area contributed by atoms with Crippen molar-refractivity contribution in [1.29, 1.82) is 0 Å². The Balaban J connectivity index is 2.22. The second-order valence-corrected chi connectivity index (χ2v) is 13.4. The summed E-state index contributed by atoms with van der Waals surface area (Å²) in [5.74, 6) is -0.327. The lowest BCUT2D eigenvalue weighted by Crippen LogP contribution is -2.59. The van der Waals surface area contributed by atoms with Crippen molar-refractivity contribution in [3.8, 4) is 0 Å². The second kappa shape index (κ2) is 33.0. The van der Waals surface area contributed by atoms with E-state index < -0.39 is 43.4 Å². The van der Waals surface area contributed by atoms with E-state index in [0.29, 0.717) is 13.0 Å². The predicted molar refractivity (Wildman–Crippen MR) is 201 cm³/mol. The van der Waals surface area contributed by atoms with Crippen LogP contribution < -0.4 is 0 Å². The van der Waals surface area contributed by atoms with Crippen molar-refractivity contribution >= 4 is 5.97 Å². The number of aliphatic hydroxyl groups is 4. The van der Waals surface area contributed by atoms with Crippen LogP contribution in [0.3, 0.4) is 0 Å². The average molecular weight is 709 g/mol. The fourth-order valence-electron chi connectivity index (χ4n) is 5.66. The number of aliphatic hydroxyl groups excluding tert-OH is 4. The third-order valence-corrected chi connectivity index (χ3v) is 8.76. The summed E-state index contributed by atoms with van der Waals surface area (Å²) >= 11 is 0. The largest absolute Gasteiger partial charge is 0.457 e. The lowest BCUT2D eigenvalue weighted by atomic mass is 9.99. The van der Waals surface area contributed by atoms with E-state index in [1.807, 2.05) is 0 Å². The molecule has 0 aliphatic carbocycles. The minimum absolute atomic E-state index is 0.118. The molecule has 1 fully saturated rings. The fourth-order valence-corrected chi connectivity index (χ4v) is 5.66. The van der Waals surface area contributed by atoms with Gasteiger partial charge in [0, 0.05) is 13.0 Å². The quantitative estimate of drug-likeness (QED) is 0.0314. The van der Waals surface area contributed by atoms with Crippen LogP contribution in [0, 0.1) is 0 Å². The molecule has 290 valence electrons. The smallest absolute Gasteiger partial charge is 0.306 e. The monoisotopic (exact) mass is 709 g/mol. The molecule has 9 nitrogen and oxygen atoms in total. The van der Waals surface area contributed by atoms with Gasteiger partial charge in [-0.05, 0) is 51.4 Å². The van der Waals surface area contributed by atoms with Gasteiger partial charge in [-0.15, -0.1) is 0 Å². The summed E-state index contributed by atoms with van der Waals surface area (Å²) in [5.41, 5.74) is 0. The number of ether oxygens (including phenoxy) is 4. The number of rotatable bonds is 32. The Kier molecular flexibility index (Phi) is 30.5. The molecule has 1 aliphatic rings. The first kappa shape index (κ1) is 46.2. The molecule has 0 saturated carbocycles. The number of allylic oxidation sites excluding steroid dienone is 8. The topological polar surface area (TPSA) is 135 Å². The van der Waals surface area contributed by atoms with Gasteiger partial charge in [0.2, 0.25) is 0 Å². The molecule has 1 saturated heterocycles. The van der Waals surface area contributed by atoms with Crippen LogP contribution in [0.25, 0.3) is 0 Å². The molecule has 0 aromatic heterocycles. The van der Waals surface area contributed by atoms with Gasteiger partial charge < -0.3 is 39.4 Å². The van der Waals surface area contributed by atoms with E-state index in [-0.39, 0.29) is 19.2 Å². The standard InChI is InChI=1S/C41H72O9/c1-3-5-7-9-11-12-13-14-15-16-17-18-19-20-21-22-23-24-25-26-28-30-37(43)49-35(33-47-31-29-27-10-8-6-4-2)34-48-41-40(46)39(45)38(44)36(32-42)50-41/h5,7,11-12,14-15,17-18,35-36,38-42,44-46H,3-4,6,8-10,13,16,19-34H2,1-2H3/b7-5-,12-11-,15-14-,18-17-. The van der Waals surface area contributed by atoms with Gasteiger partial charge in [0.25, 0.3) is 0 Å². The van der Waals surface area contributed by atoms with Gasteiger partial charge in [0.05, 0.1) is 19.8 Å². The number of carbonyl (C=O) groups excluding carboxylic acids is 1. The first-order valence-corrected chi connectivity index (χ1v) is 19.7. The van der Waals surface area contributed by atoms with E-state index >= 15 is 0 Å². The molecule has 1 aliphatic heterocycles. The van der Waals surface area contributed by atoms with Crippen LogP contribution in [-0.2, 0) is 23.7 Å². The Bertz CT molecular complexity index is 900. The number of esters is 1. The van der Waals surface area contributed by atoms with Crippen molar-refractivity contribution in [2.45, 2.75) is 179 Å². The molecule has 50 heavy (non-hydrogen) atoms. The molecular weight excluding hydrogens is 636 g/mol. The van der Waals surface area contributed by atoms with Gasteiger partial charge in [-0.3, -0.25) is 4.79 Å². The first-order chi connectivity index (χ1) is 24.4. The van der Waals surface area contributed by atoms with Gasteiger partial charge >= 0.3 is 5.97 Å². The van der Waals surface area contributed by atoms with Gasteiger partial charge in [-0.25, -0.2) is 0 Å². The minimum Gasteiger partial charge on any atom is -0.457 e. The van der Waals surface area contributed by atoms with Crippen molar-refractivity contribution in [3.05, 3.63) is 48.6 Å². The second-order valence-electron chi connectivity index (χ2n) is 13.4. The summed E-state index contributed by atoms with van der Waals surface area (Å²) in [7, 11) is 0. The Labute approximate surface area is 303 Å². The molecule has 6 atom stereocenters. The van der Waals surface area contributed by atoms with E-state index in [9.17, 15) is 25.2 Å². The van der Waals surface area contributed by atoms with Gasteiger partial charge in [0.15, 0.2) is 6.29 Å². The third kappa shape index (κ3) is 24.4. The van der Waals surface area contributed by atoms with Crippen molar-refractivity contribution < 1.29 is 44.2 Å². The molecule has 0 aromatic rings. The number of hydrogen-bond donors (Lipinski definition) is 4. The highest BCUT2D eigenvalue weighted by atomic mass is 16.7. The third-order valence-electron chi connectivity index (χ3n) is 8.76. The molecule has 6 unspecified atom stereocenters. The number of hydrogen-bond acceptors (Lipinski definition) is 9. The van der Waals surface area contributed by atoms with Crippen LogP contribution in [0.15, 0.2) is 48.6 Å². The predicted octanol–water partition coefficient (Wildman–Crippen LogP) is 7.80. The number of carbonyl (C=O) groups is 1. The Morgan fingerprint density at radius 1 is 0.660 bits per heavy atom. The maximum Gasteiger partial charge on any atom is 0.306 e. The average Bonchev–Trinajstić information content (AvgIpc) is 3.11. The molecule has 1 heterocycles. The fraction of sp³-hybridized carbons (Fsp3) is 0.780. The van der Waals surface area contributed by atoms with Gasteiger partial charge in [0.1, 0.15) is 30.5 Å². The van der Waals surface area contributed by atoms with Crippen LogP contribution in [0.1, 0.15) is 142 Å². The lowest BCUT2D eigenvalue weighted by Gasteiger charge is -2.39. The van der Waals surface area contributed by atoms with Crippen molar-refractivity contribution in [1.82, 2.24) is 0 Å². The minimum atomic E-state index is -1.54. The Hall–Kier alpha value is -1.85. The molecule has 9 heteroatoms. The zero-order valence-corrected chi connectivity index (χ0v) is 31.4. The van der Waals surface area contributed by atoms with Crippen LogP contribution in [0.4, 0.5) is 0 Å². The lowest BCUT2D eigenvalue weighted by molar-refractivity contribution is -0.305. The highest BCUT2D eigenvalue weighted by Gasteiger charge is 2.44. The van der Waals surface area contributed by atoms with E-state index in [2.05, 4.69) is 62.5 Å². The SMILES string of the molecule is CC/C=C\C/C=C\C/C=C\C/C=C\CCCCCCCCCCC(=O)OC(COCCCCCCCC)COC1OC(CO)C(O)C(O)C1O. The molecule has 0 bridgehead atoms. The normalized spacial score (nSPS) is 22.1. The summed E-state index contributed by atoms with van der Waals surface area (Å²) in [4.78, 5) is 12.7. The molecule has 4 N–H and O–H groups in total. The van der Waals surface area contributed by atoms with Crippen LogP contribution >= 0.6 is 0 Å². The molecule has 0 radical (unpaired) electrons. The summed E-state index contributed by atoms with van der Waals surface area (Å²) in [6.45, 7) is 4.36. The maximum atomic E-state index is 12.7. The van der Waals surface area contributed by atoms with Crippen LogP contribution in [-0.4, -0.2) is 89.6 Å². The molecule has 0 aromatic carbocycles. The summed E-state index contributed by atoms with van der Waals surface area (Å²) < 4.78 is 22.6. The summed E-state index contributed by atoms with van der Waals surface area (Å²) in [5, 5.41) is 39.8. The van der Waals surface area contributed by atoms with Crippen molar-refractivity contribution in [2.24, 2.45) is 0 Å². The Morgan fingerprint density at radius 3 is 1.84 bits per heavy atom. The number of unbranched alkanes of at least 4 members (excludes halogenated alkanes) is 13. The molecule has 1 rings (SSSR count). The molecule has 0 spiro atoms. The highest BCUT2D eigenvalue weighted by Crippen LogP contribution is 2.22. The van der Waals surface area contributed by atoms with E-state index in [1.54, 1.807) is 0 Å². The van der Waals surface area contributed by atoms with Gasteiger partial charge in [-0.2, -0.15) is 0 Å². The Morgan fingerprint density at radius 2 is 1.22 bits per heavy atom. The zero-order valence-electron chi connectivity index (χ0n) is 31.4. The van der Waals surface area contributed by atoms with E-state index in [0.717, 1.165) is 64.2 Å². The van der Waals surface area contributed by atoms with Crippen LogP contribution in [0.2, 0.25) is 0 Å². The molecular formula is C41H72O9. The summed E-state index contributed by atoms with van der Waals surface area (Å²) in [6.07, 6.45) is 31.6. The van der Waals surface area contributed by atoms with Crippen molar-refractivity contribution in [2.75, 3.05) is 26.4 Å². The van der Waals surface area contributed by atoms with Crippen molar-refractivity contribution in [3.63, 3.8) is 0 Å². The van der Waals surface area contributed by atoms with Gasteiger partial charge in [-0.1, -0.05) is 133 Å². The van der Waals surface area contributed by atoms with Crippen LogP contribution in [0.5, 0.6) is 0 Å². The van der Waals surface area contributed by atoms with E-state index in [4.69, 9.17) is 18.9 Å². The molecule has 0 amide bonds. The summed E-state index contributed by atoms with van der Waals surface area (Å²) in [6, 6.07) is 0. The van der Waals surface area contributed by atoms with E-state index in [1.165, 1.54) is 57.8 Å². The highest BCUT2D eigenvalue weighted by molar-refractivity contribution is 5.69. The zero-order chi connectivity index (χ0) is 36.5. The maximum absolute atomic E-state index is 12.7. The first-order valence-electron chi connectivity index (χ1n) is 19.7.